The van der Waals surface area contributed by atoms with Crippen LogP contribution in [0.2, 0.25) is 0 Å². The average Bonchev–Trinajstić information content (AvgIpc) is 3.02. The molecule has 3 saturated carbocycles. The number of aliphatic hydroxyl groups is 3. The van der Waals surface area contributed by atoms with E-state index in [1.807, 2.05) is 6.08 Å². The molecule has 4 rings (SSSR count). The van der Waals surface area contributed by atoms with Crippen LogP contribution in [0.25, 0.3) is 0 Å². The molecule has 0 radical (unpaired) electrons. The molecule has 33 heavy (non-hydrogen) atoms. The van der Waals surface area contributed by atoms with Gasteiger partial charge in [0.25, 0.3) is 0 Å². The number of hydrogen-bond donors (Lipinski definition) is 3. The topological polar surface area (TPSA) is 60.7 Å². The molecule has 0 spiro atoms. The normalized spacial score (nSPS) is 48.7. The Labute approximate surface area is 202 Å². The number of aliphatic hydroxyl groups excluding tert-OH is 3. The molecule has 4 aliphatic carbocycles. The van der Waals surface area contributed by atoms with E-state index in [0.717, 1.165) is 25.7 Å². The predicted octanol–water partition coefficient (Wildman–Crippen LogP) is 6.28. The van der Waals surface area contributed by atoms with Crippen molar-refractivity contribution in [2.24, 2.45) is 45.3 Å². The summed E-state index contributed by atoms with van der Waals surface area (Å²) in [6, 6.07) is 0. The Bertz CT molecular complexity index is 811. The maximum absolute atomic E-state index is 10.8. The van der Waals surface area contributed by atoms with Crippen LogP contribution in [-0.2, 0) is 0 Å². The van der Waals surface area contributed by atoms with Crippen molar-refractivity contribution in [2.75, 3.05) is 6.61 Å². The van der Waals surface area contributed by atoms with Crippen LogP contribution >= 0.6 is 0 Å². The summed E-state index contributed by atoms with van der Waals surface area (Å²) in [7, 11) is 0. The van der Waals surface area contributed by atoms with Crippen LogP contribution in [0.15, 0.2) is 23.3 Å². The Balaban J connectivity index is 1.64. The van der Waals surface area contributed by atoms with Crippen LogP contribution in [0.4, 0.5) is 0 Å². The summed E-state index contributed by atoms with van der Waals surface area (Å²) < 4.78 is 0. The molecule has 0 amide bonds. The number of fused-ring (bicyclic) bond motifs is 5. The number of hydrogen-bond acceptors (Lipinski definition) is 3. The largest absolute Gasteiger partial charge is 0.396 e. The van der Waals surface area contributed by atoms with Crippen molar-refractivity contribution in [1.82, 2.24) is 0 Å². The lowest BCUT2D eigenvalue weighted by molar-refractivity contribution is -0.155. The van der Waals surface area contributed by atoms with Crippen LogP contribution < -0.4 is 0 Å². The monoisotopic (exact) mass is 458 g/mol. The zero-order valence-electron chi connectivity index (χ0n) is 22.3. The summed E-state index contributed by atoms with van der Waals surface area (Å²) in [5.74, 6) is 2.06. The Kier molecular flexibility index (Phi) is 6.55. The van der Waals surface area contributed by atoms with Crippen molar-refractivity contribution in [3.63, 3.8) is 0 Å². The van der Waals surface area contributed by atoms with E-state index < -0.39 is 11.5 Å². The highest BCUT2D eigenvalue weighted by atomic mass is 16.3. The first-order valence-corrected chi connectivity index (χ1v) is 13.7. The van der Waals surface area contributed by atoms with Gasteiger partial charge < -0.3 is 15.3 Å². The van der Waals surface area contributed by atoms with E-state index in [2.05, 4.69) is 54.5 Å². The minimum atomic E-state index is -0.399. The molecule has 3 nitrogen and oxygen atoms in total. The second kappa shape index (κ2) is 8.49. The summed E-state index contributed by atoms with van der Waals surface area (Å²) >= 11 is 0. The fourth-order valence-electron chi connectivity index (χ4n) is 9.69. The minimum absolute atomic E-state index is 0.0763. The van der Waals surface area contributed by atoms with Gasteiger partial charge in [-0.3, -0.25) is 0 Å². The Hall–Kier alpha value is -0.640. The van der Waals surface area contributed by atoms with Gasteiger partial charge in [-0.15, -0.1) is 0 Å². The standard InChI is InChI=1S/C30H50O3/c1-19(2)16-21(32)17-20(3)22-10-14-30(7)24-8-9-25-27(4,23(24)11-15-29(22,30)6)13-12-26(33)28(25,5)18-31/h8,16,20-23,25-26,31-33H,9-15,17-18H2,1-7H3/t20-,21-,22+,23-,25+,26+,27+,28+,29-,30+/m0/s1. The van der Waals surface area contributed by atoms with Gasteiger partial charge in [-0.05, 0) is 105 Å². The van der Waals surface area contributed by atoms with Crippen LogP contribution in [0.1, 0.15) is 99.8 Å². The minimum Gasteiger partial charge on any atom is -0.396 e. The maximum atomic E-state index is 10.8. The summed E-state index contributed by atoms with van der Waals surface area (Å²) in [4.78, 5) is 0. The zero-order valence-corrected chi connectivity index (χ0v) is 22.3. The molecule has 4 aliphatic rings. The third-order valence-corrected chi connectivity index (χ3v) is 11.8. The third kappa shape index (κ3) is 3.62. The highest BCUT2D eigenvalue weighted by molar-refractivity contribution is 5.33. The van der Waals surface area contributed by atoms with Gasteiger partial charge in [0.15, 0.2) is 0 Å². The lowest BCUT2D eigenvalue weighted by atomic mass is 9.40. The zero-order chi connectivity index (χ0) is 24.4. The molecule has 0 aromatic rings. The fourth-order valence-corrected chi connectivity index (χ4v) is 9.69. The lowest BCUT2D eigenvalue weighted by Crippen LogP contribution is -2.59. The van der Waals surface area contributed by atoms with Crippen molar-refractivity contribution >= 4 is 0 Å². The van der Waals surface area contributed by atoms with Gasteiger partial charge in [0.1, 0.15) is 0 Å². The van der Waals surface area contributed by atoms with Crippen molar-refractivity contribution in [3.8, 4) is 0 Å². The molecule has 0 heterocycles. The first-order valence-electron chi connectivity index (χ1n) is 13.7. The first-order chi connectivity index (χ1) is 15.3. The third-order valence-electron chi connectivity index (χ3n) is 11.8. The van der Waals surface area contributed by atoms with Gasteiger partial charge in [0.05, 0.1) is 18.8 Å². The van der Waals surface area contributed by atoms with Crippen molar-refractivity contribution in [1.29, 1.82) is 0 Å². The summed E-state index contributed by atoms with van der Waals surface area (Å²) in [6.45, 7) is 16.3. The smallest absolute Gasteiger partial charge is 0.0726 e. The highest BCUT2D eigenvalue weighted by Gasteiger charge is 2.65. The van der Waals surface area contributed by atoms with Gasteiger partial charge >= 0.3 is 0 Å². The Morgan fingerprint density at radius 1 is 1.09 bits per heavy atom. The predicted molar refractivity (Wildman–Crippen MR) is 136 cm³/mol. The molecule has 0 aromatic heterocycles. The van der Waals surface area contributed by atoms with Crippen molar-refractivity contribution in [3.05, 3.63) is 23.3 Å². The van der Waals surface area contributed by atoms with E-state index in [9.17, 15) is 15.3 Å². The molecular formula is C30H50O3. The van der Waals surface area contributed by atoms with E-state index in [1.54, 1.807) is 5.57 Å². The van der Waals surface area contributed by atoms with E-state index in [0.29, 0.717) is 23.7 Å². The highest BCUT2D eigenvalue weighted by Crippen LogP contribution is 2.73. The summed E-state index contributed by atoms with van der Waals surface area (Å²) in [5.41, 5.74) is 3.15. The van der Waals surface area contributed by atoms with E-state index >= 15 is 0 Å². The molecule has 0 bridgehead atoms. The quantitative estimate of drug-likeness (QED) is 0.425. The van der Waals surface area contributed by atoms with Gasteiger partial charge in [-0.25, -0.2) is 0 Å². The Morgan fingerprint density at radius 3 is 2.42 bits per heavy atom. The average molecular weight is 459 g/mol. The molecule has 3 N–H and O–H groups in total. The molecule has 3 heteroatoms. The second-order valence-electron chi connectivity index (χ2n) is 13.7. The summed E-state index contributed by atoms with van der Waals surface area (Å²) in [5, 5.41) is 31.8. The number of rotatable bonds is 5. The van der Waals surface area contributed by atoms with E-state index in [1.165, 1.54) is 31.3 Å². The fraction of sp³-hybridized carbons (Fsp3) is 0.867. The van der Waals surface area contributed by atoms with Gasteiger partial charge in [-0.2, -0.15) is 0 Å². The van der Waals surface area contributed by atoms with E-state index in [-0.39, 0.29) is 29.0 Å². The summed E-state index contributed by atoms with van der Waals surface area (Å²) in [6.07, 6.45) is 12.5. The molecule has 10 atom stereocenters. The second-order valence-corrected chi connectivity index (χ2v) is 13.7. The molecular weight excluding hydrogens is 408 g/mol. The molecule has 0 saturated heterocycles. The van der Waals surface area contributed by atoms with Crippen LogP contribution in [0.3, 0.4) is 0 Å². The first kappa shape index (κ1) is 25.5. The SMILES string of the molecule is CC(C)=C[C@H](O)C[C@H](C)[C@H]1CC[C@]2(C)C3=CC[C@@H]4[C@](C)(CC[C@@H](O)[C@]4(C)CO)[C@H]3CC[C@@]12C. The molecule has 188 valence electrons. The van der Waals surface area contributed by atoms with Gasteiger partial charge in [0.2, 0.25) is 0 Å². The van der Waals surface area contributed by atoms with Crippen LogP contribution in [0.5, 0.6) is 0 Å². The molecule has 0 unspecified atom stereocenters. The molecule has 0 aliphatic heterocycles. The van der Waals surface area contributed by atoms with Gasteiger partial charge in [-0.1, -0.05) is 57.9 Å². The number of allylic oxidation sites excluding steroid dienone is 3. The van der Waals surface area contributed by atoms with Crippen molar-refractivity contribution in [2.45, 2.75) is 112 Å². The van der Waals surface area contributed by atoms with E-state index in [4.69, 9.17) is 0 Å². The van der Waals surface area contributed by atoms with Crippen LogP contribution in [0, 0.1) is 45.3 Å². The van der Waals surface area contributed by atoms with Crippen molar-refractivity contribution < 1.29 is 15.3 Å². The van der Waals surface area contributed by atoms with Crippen LogP contribution in [-0.4, -0.2) is 34.1 Å². The molecule has 0 aromatic carbocycles. The lowest BCUT2D eigenvalue weighted by Gasteiger charge is -2.64. The maximum Gasteiger partial charge on any atom is 0.0726 e. The molecule has 3 fully saturated rings. The van der Waals surface area contributed by atoms with Gasteiger partial charge in [0, 0.05) is 5.41 Å². The Morgan fingerprint density at radius 2 is 1.79 bits per heavy atom.